The van der Waals surface area contributed by atoms with E-state index in [1.807, 2.05) is 11.8 Å². The molecule has 0 bridgehead atoms. The fraction of sp³-hybridized carbons (Fsp3) is 0.692. The van der Waals surface area contributed by atoms with Gasteiger partial charge in [0.2, 0.25) is 5.91 Å². The number of carbonyl (C=O) groups excluding carboxylic acids is 1. The number of likely N-dealkylation sites (tertiary alicyclic amines) is 1. The van der Waals surface area contributed by atoms with E-state index in [9.17, 15) is 4.79 Å². The van der Waals surface area contributed by atoms with Gasteiger partial charge in [-0.15, -0.1) is 36.2 Å². The molecule has 2 heterocycles. The van der Waals surface area contributed by atoms with Gasteiger partial charge in [-0.2, -0.15) is 0 Å². The minimum atomic E-state index is 0. The maximum absolute atomic E-state index is 12.1. The van der Waals surface area contributed by atoms with Crippen molar-refractivity contribution >= 4 is 42.1 Å². The minimum Gasteiger partial charge on any atom is -0.338 e. The van der Waals surface area contributed by atoms with Crippen LogP contribution in [-0.2, 0) is 11.2 Å². The molecule has 0 radical (unpaired) electrons. The molecule has 1 aromatic heterocycles. The monoisotopic (exact) mass is 339 g/mol. The smallest absolute Gasteiger partial charge is 0.222 e. The van der Waals surface area contributed by atoms with E-state index in [4.69, 9.17) is 5.73 Å². The van der Waals surface area contributed by atoms with Gasteiger partial charge in [0.05, 0.1) is 10.7 Å². The van der Waals surface area contributed by atoms with E-state index in [-0.39, 0.29) is 36.8 Å². The molecule has 0 saturated carbocycles. The maximum Gasteiger partial charge on any atom is 0.222 e. The topological polar surface area (TPSA) is 59.2 Å². The number of amides is 1. The highest BCUT2D eigenvalue weighted by Crippen LogP contribution is 2.18. The molecular weight excluding hydrogens is 317 g/mol. The van der Waals surface area contributed by atoms with Gasteiger partial charge in [0.25, 0.3) is 0 Å². The summed E-state index contributed by atoms with van der Waals surface area (Å²) in [5, 5.41) is 3.18. The molecule has 7 heteroatoms. The molecule has 20 heavy (non-hydrogen) atoms. The average Bonchev–Trinajstić information content (AvgIpc) is 2.97. The summed E-state index contributed by atoms with van der Waals surface area (Å²) < 4.78 is 0. The first-order chi connectivity index (χ1) is 8.70. The predicted octanol–water partition coefficient (Wildman–Crippen LogP) is 2.57. The Hall–Kier alpha value is -0.360. The lowest BCUT2D eigenvalue weighted by molar-refractivity contribution is -0.131. The van der Waals surface area contributed by atoms with Gasteiger partial charge in [0, 0.05) is 30.9 Å². The summed E-state index contributed by atoms with van der Waals surface area (Å²) in [7, 11) is 0. The molecule has 0 aromatic carbocycles. The summed E-state index contributed by atoms with van der Waals surface area (Å²) in [4.78, 5) is 18.4. The van der Waals surface area contributed by atoms with E-state index in [1.165, 1.54) is 0 Å². The van der Waals surface area contributed by atoms with Gasteiger partial charge in [-0.1, -0.05) is 0 Å². The van der Waals surface area contributed by atoms with E-state index in [1.54, 1.807) is 11.3 Å². The van der Waals surface area contributed by atoms with Crippen molar-refractivity contribution in [3.8, 4) is 0 Å². The standard InChI is InChI=1S/C13H21N3OS.2ClH/c1-10-15-11(9-18-10)4-2-6-13(17)16-7-3-5-12(16)8-14;;/h9,12H,2-8,14H2,1H3;2*1H. The fourth-order valence-electron chi connectivity index (χ4n) is 2.50. The van der Waals surface area contributed by atoms with Crippen LogP contribution < -0.4 is 5.73 Å². The Kier molecular flexibility index (Phi) is 9.38. The first kappa shape index (κ1) is 19.6. The highest BCUT2D eigenvalue weighted by Gasteiger charge is 2.26. The largest absolute Gasteiger partial charge is 0.338 e. The molecule has 1 aliphatic heterocycles. The van der Waals surface area contributed by atoms with Crippen molar-refractivity contribution in [2.24, 2.45) is 5.73 Å². The third kappa shape index (κ3) is 5.20. The van der Waals surface area contributed by atoms with Gasteiger partial charge in [0.15, 0.2) is 0 Å². The van der Waals surface area contributed by atoms with Crippen molar-refractivity contribution in [1.82, 2.24) is 9.88 Å². The maximum atomic E-state index is 12.1. The van der Waals surface area contributed by atoms with Crippen LogP contribution in [0, 0.1) is 6.92 Å². The molecule has 1 unspecified atom stereocenters. The quantitative estimate of drug-likeness (QED) is 0.896. The molecule has 1 saturated heterocycles. The molecule has 1 aliphatic rings. The Bertz CT molecular complexity index is 414. The molecule has 1 aromatic rings. The van der Waals surface area contributed by atoms with Crippen molar-refractivity contribution in [3.63, 3.8) is 0 Å². The van der Waals surface area contributed by atoms with Crippen LogP contribution in [0.15, 0.2) is 5.38 Å². The highest BCUT2D eigenvalue weighted by molar-refractivity contribution is 7.09. The molecular formula is C13H23Cl2N3OS. The predicted molar refractivity (Wildman–Crippen MR) is 88.1 cm³/mol. The number of aromatic nitrogens is 1. The highest BCUT2D eigenvalue weighted by atomic mass is 35.5. The van der Waals surface area contributed by atoms with Crippen molar-refractivity contribution in [1.29, 1.82) is 0 Å². The van der Waals surface area contributed by atoms with Gasteiger partial charge in [-0.25, -0.2) is 4.98 Å². The summed E-state index contributed by atoms with van der Waals surface area (Å²) in [5.74, 6) is 0.259. The molecule has 1 atom stereocenters. The van der Waals surface area contributed by atoms with Crippen LogP contribution in [0.4, 0.5) is 0 Å². The second-order valence-corrected chi connectivity index (χ2v) is 5.89. The van der Waals surface area contributed by atoms with E-state index < -0.39 is 0 Å². The summed E-state index contributed by atoms with van der Waals surface area (Å²) in [6.07, 6.45) is 4.56. The number of nitrogens with two attached hydrogens (primary N) is 1. The number of hydrogen-bond acceptors (Lipinski definition) is 4. The number of carbonyl (C=O) groups is 1. The second-order valence-electron chi connectivity index (χ2n) is 4.83. The first-order valence-corrected chi connectivity index (χ1v) is 7.49. The van der Waals surface area contributed by atoms with Crippen LogP contribution in [0.25, 0.3) is 0 Å². The molecule has 1 fully saturated rings. The molecule has 2 N–H and O–H groups in total. The second kappa shape index (κ2) is 9.55. The van der Waals surface area contributed by atoms with Crippen LogP contribution in [0.1, 0.15) is 36.4 Å². The zero-order chi connectivity index (χ0) is 13.0. The van der Waals surface area contributed by atoms with E-state index in [0.29, 0.717) is 13.0 Å². The molecule has 116 valence electrons. The number of thiazole rings is 1. The van der Waals surface area contributed by atoms with Gasteiger partial charge in [-0.05, 0) is 32.6 Å². The number of halogens is 2. The van der Waals surface area contributed by atoms with Crippen molar-refractivity contribution in [3.05, 3.63) is 16.1 Å². The SMILES string of the molecule is Cc1nc(CCCC(=O)N2CCCC2CN)cs1.Cl.Cl. The molecule has 1 amide bonds. The van der Waals surface area contributed by atoms with Crippen LogP contribution in [0.2, 0.25) is 0 Å². The number of hydrogen-bond donors (Lipinski definition) is 1. The van der Waals surface area contributed by atoms with Crippen LogP contribution in [-0.4, -0.2) is 34.9 Å². The van der Waals surface area contributed by atoms with Crippen molar-refractivity contribution in [2.75, 3.05) is 13.1 Å². The zero-order valence-corrected chi connectivity index (χ0v) is 14.2. The Morgan fingerprint density at radius 2 is 2.30 bits per heavy atom. The lowest BCUT2D eigenvalue weighted by atomic mass is 10.1. The lowest BCUT2D eigenvalue weighted by Gasteiger charge is -2.23. The normalized spacial score (nSPS) is 17.5. The summed E-state index contributed by atoms with van der Waals surface area (Å²) in [6, 6.07) is 0.277. The summed E-state index contributed by atoms with van der Waals surface area (Å²) in [6.45, 7) is 3.49. The molecule has 0 spiro atoms. The molecule has 2 rings (SSSR count). The summed E-state index contributed by atoms with van der Waals surface area (Å²) in [5.41, 5.74) is 6.80. The Balaban J connectivity index is 0.00000180. The summed E-state index contributed by atoms with van der Waals surface area (Å²) >= 11 is 1.67. The van der Waals surface area contributed by atoms with Crippen molar-refractivity contribution < 1.29 is 4.79 Å². The van der Waals surface area contributed by atoms with Crippen LogP contribution in [0.3, 0.4) is 0 Å². The third-order valence-corrected chi connectivity index (χ3v) is 4.28. The first-order valence-electron chi connectivity index (χ1n) is 6.61. The Morgan fingerprint density at radius 3 is 2.90 bits per heavy atom. The van der Waals surface area contributed by atoms with Gasteiger partial charge < -0.3 is 10.6 Å². The van der Waals surface area contributed by atoms with Crippen LogP contribution in [0.5, 0.6) is 0 Å². The minimum absolute atomic E-state index is 0. The average molecular weight is 340 g/mol. The van der Waals surface area contributed by atoms with Gasteiger partial charge >= 0.3 is 0 Å². The van der Waals surface area contributed by atoms with Gasteiger partial charge in [0.1, 0.15) is 0 Å². The van der Waals surface area contributed by atoms with Crippen molar-refractivity contribution in [2.45, 2.75) is 45.1 Å². The van der Waals surface area contributed by atoms with E-state index in [2.05, 4.69) is 10.4 Å². The third-order valence-electron chi connectivity index (χ3n) is 3.46. The fourth-order valence-corrected chi connectivity index (χ4v) is 3.14. The number of rotatable bonds is 5. The number of aryl methyl sites for hydroxylation is 2. The lowest BCUT2D eigenvalue weighted by Crippen LogP contribution is -2.39. The van der Waals surface area contributed by atoms with Crippen LogP contribution >= 0.6 is 36.2 Å². The Morgan fingerprint density at radius 1 is 1.55 bits per heavy atom. The number of nitrogens with zero attached hydrogens (tertiary/aromatic N) is 2. The van der Waals surface area contributed by atoms with E-state index in [0.717, 1.165) is 42.9 Å². The molecule has 4 nitrogen and oxygen atoms in total. The zero-order valence-electron chi connectivity index (χ0n) is 11.7. The molecule has 0 aliphatic carbocycles. The van der Waals surface area contributed by atoms with E-state index >= 15 is 0 Å². The Labute approximate surface area is 137 Å². The van der Waals surface area contributed by atoms with Gasteiger partial charge in [-0.3, -0.25) is 4.79 Å².